The van der Waals surface area contributed by atoms with Crippen LogP contribution in [-0.4, -0.2) is 87.4 Å². The molecule has 0 aromatic rings. The maximum atomic E-state index is 12.7. The second-order valence-corrected chi connectivity index (χ2v) is 17.4. The number of carboxylic acid groups (broad SMARTS) is 1. The lowest BCUT2D eigenvalue weighted by Crippen LogP contribution is -2.40. The van der Waals surface area contributed by atoms with Crippen LogP contribution in [0.25, 0.3) is 0 Å². The topological polar surface area (TPSA) is 108 Å². The lowest BCUT2D eigenvalue weighted by Gasteiger charge is -2.25. The molecular weight excluding hydrogens is 719 g/mol. The molecule has 336 valence electrons. The van der Waals surface area contributed by atoms with E-state index in [0.717, 1.165) is 51.4 Å². The molecule has 0 aliphatic rings. The summed E-state index contributed by atoms with van der Waals surface area (Å²) < 4.78 is 22.6. The number of rotatable bonds is 44. The summed E-state index contributed by atoms with van der Waals surface area (Å²) in [6.45, 7) is 4.79. The highest BCUT2D eigenvalue weighted by Gasteiger charge is 2.25. The van der Waals surface area contributed by atoms with Crippen LogP contribution in [-0.2, 0) is 33.3 Å². The fraction of sp³-hybridized carbons (Fsp3) is 0.896. The normalized spacial score (nSPS) is 12.9. The second kappa shape index (κ2) is 40.8. The van der Waals surface area contributed by atoms with Crippen molar-refractivity contribution in [1.82, 2.24) is 0 Å². The molecule has 0 aromatic heterocycles. The number of unbranched alkanes of at least 4 members (excludes halogenated alkanes) is 27. The number of allylic oxidation sites excluding steroid dienone is 2. The summed E-state index contributed by atoms with van der Waals surface area (Å²) >= 11 is 0. The summed E-state index contributed by atoms with van der Waals surface area (Å²) in [5, 5.41) is 9.58. The zero-order valence-corrected chi connectivity index (χ0v) is 38.0. The Balaban J connectivity index is 4.02. The van der Waals surface area contributed by atoms with E-state index >= 15 is 0 Å². The number of ether oxygens (including phenoxy) is 4. The molecule has 0 aromatic carbocycles. The summed E-state index contributed by atoms with van der Waals surface area (Å²) in [4.78, 5) is 36.8. The van der Waals surface area contributed by atoms with Gasteiger partial charge in [-0.25, -0.2) is 4.79 Å². The van der Waals surface area contributed by atoms with Gasteiger partial charge in [0.1, 0.15) is 13.2 Å². The third-order valence-corrected chi connectivity index (χ3v) is 10.5. The van der Waals surface area contributed by atoms with Crippen molar-refractivity contribution in [3.05, 3.63) is 12.2 Å². The van der Waals surface area contributed by atoms with Crippen molar-refractivity contribution in [2.45, 2.75) is 232 Å². The molecule has 9 heteroatoms. The van der Waals surface area contributed by atoms with Gasteiger partial charge in [0, 0.05) is 12.8 Å². The molecule has 2 unspecified atom stereocenters. The van der Waals surface area contributed by atoms with E-state index in [9.17, 15) is 19.5 Å². The number of aliphatic carboxylic acids is 1. The van der Waals surface area contributed by atoms with Gasteiger partial charge < -0.3 is 28.5 Å². The average molecular weight is 811 g/mol. The highest BCUT2D eigenvalue weighted by atomic mass is 16.7. The highest BCUT2D eigenvalue weighted by molar-refractivity contribution is 5.71. The molecule has 0 bridgehead atoms. The van der Waals surface area contributed by atoms with Gasteiger partial charge in [0.05, 0.1) is 34.4 Å². The van der Waals surface area contributed by atoms with Crippen LogP contribution in [0.15, 0.2) is 12.2 Å². The van der Waals surface area contributed by atoms with Crippen LogP contribution in [0.5, 0.6) is 0 Å². The lowest BCUT2D eigenvalue weighted by molar-refractivity contribution is -0.870. The van der Waals surface area contributed by atoms with Gasteiger partial charge in [0.2, 0.25) is 0 Å². The number of quaternary nitrogens is 1. The van der Waals surface area contributed by atoms with Crippen LogP contribution in [0.3, 0.4) is 0 Å². The summed E-state index contributed by atoms with van der Waals surface area (Å²) in [5.41, 5.74) is 0. The maximum absolute atomic E-state index is 12.7. The SMILES string of the molecule is CCCCCCCCCC/C=C\CCCCCCCCCCCCCCCCCC(=O)OC(COC(=O)CCCCCCC)COC(OCC[N+](C)(C)C)C(=O)O. The first kappa shape index (κ1) is 55.0. The molecule has 0 fully saturated rings. The lowest BCUT2D eigenvalue weighted by atomic mass is 10.0. The Kier molecular flexibility index (Phi) is 39.4. The number of likely N-dealkylation sites (N-methyl/N-ethyl adjacent to an activating group) is 1. The minimum absolute atomic E-state index is 0.178. The van der Waals surface area contributed by atoms with Crippen molar-refractivity contribution >= 4 is 17.9 Å². The van der Waals surface area contributed by atoms with Gasteiger partial charge in [0.15, 0.2) is 6.10 Å². The zero-order chi connectivity index (χ0) is 42.1. The summed E-state index contributed by atoms with van der Waals surface area (Å²) in [7, 11) is 5.95. The van der Waals surface area contributed by atoms with Gasteiger partial charge >= 0.3 is 17.9 Å². The van der Waals surface area contributed by atoms with Crippen LogP contribution >= 0.6 is 0 Å². The maximum Gasteiger partial charge on any atom is 0.361 e. The minimum atomic E-state index is -1.50. The van der Waals surface area contributed by atoms with Crippen molar-refractivity contribution in [3.8, 4) is 0 Å². The number of esters is 2. The number of hydrogen-bond donors (Lipinski definition) is 1. The summed E-state index contributed by atoms with van der Waals surface area (Å²) in [6.07, 6.45) is 40.5. The Labute approximate surface area is 351 Å². The molecule has 0 aliphatic heterocycles. The van der Waals surface area contributed by atoms with E-state index < -0.39 is 24.3 Å². The van der Waals surface area contributed by atoms with Gasteiger partial charge in [-0.1, -0.05) is 180 Å². The molecule has 0 aliphatic carbocycles. The van der Waals surface area contributed by atoms with E-state index in [1.165, 1.54) is 141 Å². The Hall–Kier alpha value is -1.97. The van der Waals surface area contributed by atoms with E-state index in [2.05, 4.69) is 26.0 Å². The van der Waals surface area contributed by atoms with Gasteiger partial charge in [-0.3, -0.25) is 9.59 Å². The number of nitrogens with zero attached hydrogens (tertiary/aromatic N) is 1. The number of hydrogen-bond acceptors (Lipinski definition) is 7. The van der Waals surface area contributed by atoms with Crippen molar-refractivity contribution in [2.75, 3.05) is 47.5 Å². The van der Waals surface area contributed by atoms with Crippen LogP contribution < -0.4 is 0 Å². The third kappa shape index (κ3) is 42.0. The first-order chi connectivity index (χ1) is 27.6. The van der Waals surface area contributed by atoms with Crippen molar-refractivity contribution in [2.24, 2.45) is 0 Å². The smallest absolute Gasteiger partial charge is 0.361 e. The molecule has 0 saturated heterocycles. The molecule has 9 nitrogen and oxygen atoms in total. The molecule has 2 atom stereocenters. The number of carbonyl (C=O) groups is 3. The van der Waals surface area contributed by atoms with Crippen molar-refractivity contribution < 1.29 is 42.9 Å². The molecule has 0 amide bonds. The van der Waals surface area contributed by atoms with Gasteiger partial charge in [-0.05, 0) is 38.5 Å². The summed E-state index contributed by atoms with van der Waals surface area (Å²) in [5.74, 6) is -2.01. The number of carboxylic acids is 1. The van der Waals surface area contributed by atoms with Crippen molar-refractivity contribution in [1.29, 1.82) is 0 Å². The van der Waals surface area contributed by atoms with Crippen LogP contribution in [0.2, 0.25) is 0 Å². The Morgan fingerprint density at radius 1 is 0.509 bits per heavy atom. The monoisotopic (exact) mass is 811 g/mol. The van der Waals surface area contributed by atoms with Crippen LogP contribution in [0.1, 0.15) is 219 Å². The standard InChI is InChI=1S/C48H91NO8/c1-6-8-10-12-13-14-15-16-17-18-19-20-21-22-23-24-25-26-27-28-29-30-31-32-33-35-37-39-46(51)57-44(42-55-45(50)38-36-34-11-9-7-2)43-56-48(47(52)53)54-41-40-49(3,4)5/h18-19,44,48H,6-17,20-43H2,1-5H3/p+1/b19-18-. The first-order valence-electron chi connectivity index (χ1n) is 23.9. The fourth-order valence-electron chi connectivity index (χ4n) is 6.77. The molecule has 0 radical (unpaired) electrons. The largest absolute Gasteiger partial charge is 0.477 e. The molecule has 0 rings (SSSR count). The Bertz CT molecular complexity index is 949. The number of carbonyl (C=O) groups excluding carboxylic acids is 2. The van der Waals surface area contributed by atoms with Gasteiger partial charge in [0.25, 0.3) is 6.29 Å². The van der Waals surface area contributed by atoms with E-state index in [4.69, 9.17) is 18.9 Å². The Morgan fingerprint density at radius 3 is 1.30 bits per heavy atom. The first-order valence-corrected chi connectivity index (χ1v) is 23.9. The van der Waals surface area contributed by atoms with Crippen molar-refractivity contribution in [3.63, 3.8) is 0 Å². The molecule has 57 heavy (non-hydrogen) atoms. The highest BCUT2D eigenvalue weighted by Crippen LogP contribution is 2.16. The predicted molar refractivity (Wildman–Crippen MR) is 235 cm³/mol. The van der Waals surface area contributed by atoms with E-state index in [1.807, 2.05) is 21.1 Å². The van der Waals surface area contributed by atoms with Gasteiger partial charge in [-0.15, -0.1) is 0 Å². The molecular formula is C48H92NO8+. The second-order valence-electron chi connectivity index (χ2n) is 17.4. The predicted octanol–water partition coefficient (Wildman–Crippen LogP) is 12.7. The molecule has 1 N–H and O–H groups in total. The van der Waals surface area contributed by atoms with Crippen LogP contribution in [0, 0.1) is 0 Å². The quantitative estimate of drug-likeness (QED) is 0.0213. The third-order valence-electron chi connectivity index (χ3n) is 10.5. The Morgan fingerprint density at radius 2 is 0.895 bits per heavy atom. The van der Waals surface area contributed by atoms with E-state index in [0.29, 0.717) is 17.4 Å². The fourth-order valence-corrected chi connectivity index (χ4v) is 6.77. The molecule has 0 heterocycles. The average Bonchev–Trinajstić information content (AvgIpc) is 3.17. The van der Waals surface area contributed by atoms with Crippen LogP contribution in [0.4, 0.5) is 0 Å². The molecule has 0 saturated carbocycles. The minimum Gasteiger partial charge on any atom is -0.477 e. The van der Waals surface area contributed by atoms with E-state index in [-0.39, 0.29) is 32.2 Å². The summed E-state index contributed by atoms with van der Waals surface area (Å²) in [6, 6.07) is 0. The van der Waals surface area contributed by atoms with Gasteiger partial charge in [-0.2, -0.15) is 0 Å². The zero-order valence-electron chi connectivity index (χ0n) is 38.0. The molecule has 0 spiro atoms. The van der Waals surface area contributed by atoms with E-state index in [1.54, 1.807) is 0 Å².